The molecule has 88 valence electrons. The highest BCUT2D eigenvalue weighted by Crippen LogP contribution is 2.37. The number of nitrogens with one attached hydrogen (secondary N) is 1. The first-order valence-corrected chi connectivity index (χ1v) is 5.50. The lowest BCUT2D eigenvalue weighted by Gasteiger charge is -2.33. The Morgan fingerprint density at radius 2 is 2.29 bits per heavy atom. The van der Waals surface area contributed by atoms with E-state index < -0.39 is 5.97 Å². The van der Waals surface area contributed by atoms with Crippen molar-refractivity contribution in [3.05, 3.63) is 23.8 Å². The lowest BCUT2D eigenvalue weighted by molar-refractivity contribution is 0.0683. The molecule has 0 bridgehead atoms. The number of aromatic nitrogens is 3. The Morgan fingerprint density at radius 1 is 1.47 bits per heavy atom. The molecule has 2 atom stereocenters. The number of H-pyrrole nitrogens is 1. The molecule has 1 aliphatic carbocycles. The predicted octanol–water partition coefficient (Wildman–Crippen LogP) is 0.861. The van der Waals surface area contributed by atoms with E-state index in [1.165, 1.54) is 0 Å². The minimum atomic E-state index is -1.12. The molecule has 2 aromatic heterocycles. The summed E-state index contributed by atoms with van der Waals surface area (Å²) in [6, 6.07) is 1.94. The van der Waals surface area contributed by atoms with Crippen molar-refractivity contribution < 1.29 is 9.90 Å². The Labute approximate surface area is 96.9 Å². The van der Waals surface area contributed by atoms with Crippen LogP contribution in [0.25, 0.3) is 11.0 Å². The van der Waals surface area contributed by atoms with Crippen LogP contribution in [0.15, 0.2) is 12.3 Å². The van der Waals surface area contributed by atoms with E-state index in [1.807, 2.05) is 6.07 Å². The van der Waals surface area contributed by atoms with Crippen molar-refractivity contribution in [2.24, 2.45) is 5.73 Å². The minimum absolute atomic E-state index is 0.0737. The van der Waals surface area contributed by atoms with Crippen LogP contribution in [0.4, 0.5) is 0 Å². The van der Waals surface area contributed by atoms with Crippen LogP contribution in [0.2, 0.25) is 0 Å². The van der Waals surface area contributed by atoms with Crippen molar-refractivity contribution in [3.63, 3.8) is 0 Å². The molecule has 2 unspecified atom stereocenters. The van der Waals surface area contributed by atoms with Gasteiger partial charge in [-0.05, 0) is 18.9 Å². The maximum Gasteiger partial charge on any atom is 0.374 e. The number of nitrogens with two attached hydrogens (primary N) is 1. The molecule has 4 N–H and O–H groups in total. The number of aromatic amines is 1. The van der Waals surface area contributed by atoms with E-state index >= 15 is 0 Å². The first-order chi connectivity index (χ1) is 8.16. The SMILES string of the molecule is NC1CCC1c1nc(C(=O)O)nc2[nH]ccc12. The first kappa shape index (κ1) is 10.2. The number of carboxylic acids is 1. The third kappa shape index (κ3) is 1.49. The van der Waals surface area contributed by atoms with Gasteiger partial charge in [0.25, 0.3) is 0 Å². The van der Waals surface area contributed by atoms with E-state index in [1.54, 1.807) is 6.20 Å². The largest absolute Gasteiger partial charge is 0.475 e. The van der Waals surface area contributed by atoms with Gasteiger partial charge >= 0.3 is 5.97 Å². The maximum atomic E-state index is 11.0. The number of rotatable bonds is 2. The van der Waals surface area contributed by atoms with Gasteiger partial charge < -0.3 is 15.8 Å². The fourth-order valence-corrected chi connectivity index (χ4v) is 2.21. The van der Waals surface area contributed by atoms with Crippen LogP contribution in [-0.2, 0) is 0 Å². The predicted molar refractivity (Wildman–Crippen MR) is 60.8 cm³/mol. The van der Waals surface area contributed by atoms with E-state index in [0.717, 1.165) is 23.9 Å². The van der Waals surface area contributed by atoms with Crippen molar-refractivity contribution in [3.8, 4) is 0 Å². The Morgan fingerprint density at radius 3 is 2.88 bits per heavy atom. The highest BCUT2D eigenvalue weighted by molar-refractivity contribution is 5.87. The highest BCUT2D eigenvalue weighted by Gasteiger charge is 2.32. The van der Waals surface area contributed by atoms with E-state index in [9.17, 15) is 4.79 Å². The number of carboxylic acid groups (broad SMARTS) is 1. The molecule has 0 spiro atoms. The van der Waals surface area contributed by atoms with Crippen molar-refractivity contribution in [2.45, 2.75) is 24.8 Å². The smallest absolute Gasteiger partial charge is 0.374 e. The van der Waals surface area contributed by atoms with Crippen LogP contribution < -0.4 is 5.73 Å². The van der Waals surface area contributed by atoms with Crippen molar-refractivity contribution >= 4 is 17.0 Å². The van der Waals surface area contributed by atoms with Crippen molar-refractivity contribution in [1.82, 2.24) is 15.0 Å². The number of hydrogen-bond acceptors (Lipinski definition) is 4. The van der Waals surface area contributed by atoms with Crippen LogP contribution in [0.5, 0.6) is 0 Å². The van der Waals surface area contributed by atoms with Crippen LogP contribution >= 0.6 is 0 Å². The summed E-state index contributed by atoms with van der Waals surface area (Å²) in [5.41, 5.74) is 7.24. The minimum Gasteiger partial charge on any atom is -0.475 e. The summed E-state index contributed by atoms with van der Waals surface area (Å²) in [6.07, 6.45) is 3.65. The second kappa shape index (κ2) is 3.53. The van der Waals surface area contributed by atoms with Crippen LogP contribution in [0, 0.1) is 0 Å². The van der Waals surface area contributed by atoms with Crippen LogP contribution in [-0.4, -0.2) is 32.1 Å². The summed E-state index contributed by atoms with van der Waals surface area (Å²) in [5.74, 6) is -1.14. The number of hydrogen-bond donors (Lipinski definition) is 3. The molecule has 2 aromatic rings. The lowest BCUT2D eigenvalue weighted by Crippen LogP contribution is -2.38. The zero-order valence-corrected chi connectivity index (χ0v) is 9.05. The second-order valence-corrected chi connectivity index (χ2v) is 4.33. The van der Waals surface area contributed by atoms with E-state index in [2.05, 4.69) is 15.0 Å². The summed E-state index contributed by atoms with van der Waals surface area (Å²) < 4.78 is 0. The Balaban J connectivity index is 2.19. The molecular weight excluding hydrogens is 220 g/mol. The summed E-state index contributed by atoms with van der Waals surface area (Å²) in [6.45, 7) is 0. The van der Waals surface area contributed by atoms with Gasteiger partial charge in [0.1, 0.15) is 5.65 Å². The number of fused-ring (bicyclic) bond motifs is 1. The molecule has 0 radical (unpaired) electrons. The summed E-state index contributed by atoms with van der Waals surface area (Å²) >= 11 is 0. The fraction of sp³-hybridized carbons (Fsp3) is 0.364. The van der Waals surface area contributed by atoms with E-state index in [0.29, 0.717) is 5.65 Å². The molecule has 6 heteroatoms. The molecule has 1 aliphatic rings. The molecule has 1 fully saturated rings. The molecule has 1 saturated carbocycles. The lowest BCUT2D eigenvalue weighted by atomic mass is 9.77. The normalized spacial score (nSPS) is 23.6. The molecular formula is C11H12N4O2. The molecule has 3 rings (SSSR count). The number of nitrogens with zero attached hydrogens (tertiary/aromatic N) is 2. The Hall–Kier alpha value is -1.95. The third-order valence-electron chi connectivity index (χ3n) is 3.32. The average molecular weight is 232 g/mol. The zero-order chi connectivity index (χ0) is 12.0. The molecule has 6 nitrogen and oxygen atoms in total. The van der Waals surface area contributed by atoms with Gasteiger partial charge in [-0.1, -0.05) is 0 Å². The summed E-state index contributed by atoms with van der Waals surface area (Å²) in [4.78, 5) is 22.0. The summed E-state index contributed by atoms with van der Waals surface area (Å²) in [5, 5.41) is 9.85. The maximum absolute atomic E-state index is 11.0. The van der Waals surface area contributed by atoms with Gasteiger partial charge in [-0.15, -0.1) is 0 Å². The molecule has 0 aromatic carbocycles. The van der Waals surface area contributed by atoms with Crippen molar-refractivity contribution in [2.75, 3.05) is 0 Å². The van der Waals surface area contributed by atoms with Gasteiger partial charge in [0.2, 0.25) is 5.82 Å². The van der Waals surface area contributed by atoms with E-state index in [4.69, 9.17) is 10.8 Å². The first-order valence-electron chi connectivity index (χ1n) is 5.50. The third-order valence-corrected chi connectivity index (χ3v) is 3.32. The van der Waals surface area contributed by atoms with Crippen molar-refractivity contribution in [1.29, 1.82) is 0 Å². The quantitative estimate of drug-likeness (QED) is 0.712. The summed E-state index contributed by atoms with van der Waals surface area (Å²) in [7, 11) is 0. The standard InChI is InChI=1S/C11H12N4O2/c12-7-2-1-5(7)8-6-3-4-13-9(6)15-10(14-8)11(16)17/h3-5,7H,1-2,12H2,(H,16,17)(H,13,14,15). The van der Waals surface area contributed by atoms with E-state index in [-0.39, 0.29) is 17.8 Å². The second-order valence-electron chi connectivity index (χ2n) is 4.33. The monoisotopic (exact) mass is 232 g/mol. The number of carbonyl (C=O) groups is 1. The Bertz CT molecular complexity index is 592. The number of aromatic carboxylic acids is 1. The van der Waals surface area contributed by atoms with Gasteiger partial charge in [0, 0.05) is 23.5 Å². The highest BCUT2D eigenvalue weighted by atomic mass is 16.4. The topological polar surface area (TPSA) is 105 Å². The molecule has 17 heavy (non-hydrogen) atoms. The van der Waals surface area contributed by atoms with Gasteiger partial charge in [-0.25, -0.2) is 14.8 Å². The van der Waals surface area contributed by atoms with Gasteiger partial charge in [-0.2, -0.15) is 0 Å². The molecule has 0 amide bonds. The van der Waals surface area contributed by atoms with Gasteiger partial charge in [0.15, 0.2) is 0 Å². The molecule has 2 heterocycles. The van der Waals surface area contributed by atoms with Gasteiger partial charge in [-0.3, -0.25) is 0 Å². The van der Waals surface area contributed by atoms with Crippen LogP contribution in [0.3, 0.4) is 0 Å². The molecule has 0 aliphatic heterocycles. The fourth-order valence-electron chi connectivity index (χ4n) is 2.21. The average Bonchev–Trinajstić information content (AvgIpc) is 2.75. The van der Waals surface area contributed by atoms with Gasteiger partial charge in [0.05, 0.1) is 5.69 Å². The molecule has 0 saturated heterocycles. The zero-order valence-electron chi connectivity index (χ0n) is 9.05. The Kier molecular flexibility index (Phi) is 2.12. The van der Waals surface area contributed by atoms with Crippen LogP contribution in [0.1, 0.15) is 35.1 Å².